The summed E-state index contributed by atoms with van der Waals surface area (Å²) in [5, 5.41) is 2.51. The van der Waals surface area contributed by atoms with Crippen LogP contribution in [0.3, 0.4) is 0 Å². The predicted octanol–water partition coefficient (Wildman–Crippen LogP) is 15.7. The van der Waals surface area contributed by atoms with E-state index in [2.05, 4.69) is 254 Å². The zero-order valence-corrected chi connectivity index (χ0v) is 33.1. The van der Waals surface area contributed by atoms with Crippen molar-refractivity contribution in [2.24, 2.45) is 0 Å². The first kappa shape index (κ1) is 35.4. The number of benzene rings is 10. The van der Waals surface area contributed by atoms with Gasteiger partial charge in [-0.3, -0.25) is 0 Å². The van der Waals surface area contributed by atoms with E-state index in [4.69, 9.17) is 0 Å². The zero-order valence-electron chi connectivity index (χ0n) is 33.1. The first-order valence-corrected chi connectivity index (χ1v) is 20.8. The molecule has 0 unspecified atom stereocenters. The highest BCUT2D eigenvalue weighted by atomic mass is 15.1. The van der Waals surface area contributed by atoms with Gasteiger partial charge in [-0.05, 0) is 114 Å². The number of nitrogens with zero attached hydrogens (tertiary/aromatic N) is 1. The van der Waals surface area contributed by atoms with Crippen LogP contribution in [0, 0.1) is 0 Å². The molecule has 282 valence electrons. The van der Waals surface area contributed by atoms with Crippen molar-refractivity contribution in [2.45, 2.75) is 5.41 Å². The molecule has 60 heavy (non-hydrogen) atoms. The number of anilines is 3. The topological polar surface area (TPSA) is 3.24 Å². The molecular formula is C59H41N. The SMILES string of the molecule is c1ccc(-c2ccc(N(c3ccc(-c4cccc(-c5ccc6ccccc6c5)c4)cc3)c3cccc4c3-c3ccccc3C4(c3ccccc3)c3ccccc3)cc2)cc1. The molecule has 0 N–H and O–H groups in total. The minimum Gasteiger partial charge on any atom is -0.310 e. The Bertz CT molecular complexity index is 3070. The molecule has 1 aliphatic carbocycles. The minimum atomic E-state index is -0.493. The number of hydrogen-bond donors (Lipinski definition) is 0. The van der Waals surface area contributed by atoms with E-state index in [9.17, 15) is 0 Å². The molecule has 0 atom stereocenters. The Morgan fingerprint density at radius 3 is 1.40 bits per heavy atom. The fourth-order valence-corrected chi connectivity index (χ4v) is 9.57. The van der Waals surface area contributed by atoms with Crippen LogP contribution in [0.15, 0.2) is 249 Å². The van der Waals surface area contributed by atoms with Crippen molar-refractivity contribution < 1.29 is 0 Å². The lowest BCUT2D eigenvalue weighted by atomic mass is 9.68. The second kappa shape index (κ2) is 14.9. The molecule has 0 bridgehead atoms. The van der Waals surface area contributed by atoms with Gasteiger partial charge < -0.3 is 4.90 Å². The van der Waals surface area contributed by atoms with Crippen LogP contribution in [-0.2, 0) is 5.41 Å². The lowest BCUT2D eigenvalue weighted by Crippen LogP contribution is -2.28. The summed E-state index contributed by atoms with van der Waals surface area (Å²) in [5.41, 5.74) is 17.6. The Kier molecular flexibility index (Phi) is 8.79. The van der Waals surface area contributed by atoms with E-state index in [0.717, 1.165) is 17.1 Å². The van der Waals surface area contributed by atoms with E-state index in [1.165, 1.54) is 77.5 Å². The van der Waals surface area contributed by atoms with Crippen LogP contribution in [-0.4, -0.2) is 0 Å². The molecule has 1 nitrogen and oxygen atoms in total. The minimum absolute atomic E-state index is 0.493. The van der Waals surface area contributed by atoms with Crippen molar-refractivity contribution in [1.29, 1.82) is 0 Å². The van der Waals surface area contributed by atoms with Crippen LogP contribution in [0.25, 0.3) is 55.3 Å². The normalized spacial score (nSPS) is 12.5. The smallest absolute Gasteiger partial charge is 0.0714 e. The van der Waals surface area contributed by atoms with Gasteiger partial charge in [0.2, 0.25) is 0 Å². The van der Waals surface area contributed by atoms with Gasteiger partial charge in [-0.25, -0.2) is 0 Å². The Balaban J connectivity index is 1.08. The fraction of sp³-hybridized carbons (Fsp3) is 0.0169. The van der Waals surface area contributed by atoms with Crippen LogP contribution < -0.4 is 4.90 Å². The molecule has 10 aromatic carbocycles. The van der Waals surface area contributed by atoms with Crippen LogP contribution in [0.5, 0.6) is 0 Å². The van der Waals surface area contributed by atoms with E-state index in [1.54, 1.807) is 0 Å². The molecule has 0 saturated heterocycles. The highest BCUT2D eigenvalue weighted by Gasteiger charge is 2.47. The van der Waals surface area contributed by atoms with Gasteiger partial charge in [0, 0.05) is 16.9 Å². The monoisotopic (exact) mass is 763 g/mol. The van der Waals surface area contributed by atoms with Crippen LogP contribution in [0.2, 0.25) is 0 Å². The summed E-state index contributed by atoms with van der Waals surface area (Å²) in [6.07, 6.45) is 0. The highest BCUT2D eigenvalue weighted by molar-refractivity contribution is 5.98. The van der Waals surface area contributed by atoms with Crippen molar-refractivity contribution in [2.75, 3.05) is 4.90 Å². The summed E-state index contributed by atoms with van der Waals surface area (Å²) < 4.78 is 0. The second-order valence-corrected chi connectivity index (χ2v) is 15.7. The Morgan fingerprint density at radius 2 is 0.733 bits per heavy atom. The molecule has 0 saturated carbocycles. The fourth-order valence-electron chi connectivity index (χ4n) is 9.57. The van der Waals surface area contributed by atoms with Gasteiger partial charge in [-0.1, -0.05) is 206 Å². The summed E-state index contributed by atoms with van der Waals surface area (Å²) in [5.74, 6) is 0. The third-order valence-corrected chi connectivity index (χ3v) is 12.3. The van der Waals surface area contributed by atoms with Crippen LogP contribution >= 0.6 is 0 Å². The molecular weight excluding hydrogens is 723 g/mol. The molecule has 0 spiro atoms. The number of rotatable bonds is 8. The molecule has 1 heteroatoms. The average Bonchev–Trinajstić information content (AvgIpc) is 3.64. The van der Waals surface area contributed by atoms with Gasteiger partial charge in [0.05, 0.1) is 11.1 Å². The Morgan fingerprint density at radius 1 is 0.283 bits per heavy atom. The first-order valence-electron chi connectivity index (χ1n) is 20.8. The highest BCUT2D eigenvalue weighted by Crippen LogP contribution is 2.59. The molecule has 0 fully saturated rings. The summed E-state index contributed by atoms with van der Waals surface area (Å²) >= 11 is 0. The largest absolute Gasteiger partial charge is 0.310 e. The Hall–Kier alpha value is -7.74. The van der Waals surface area contributed by atoms with Gasteiger partial charge in [0.15, 0.2) is 0 Å². The third kappa shape index (κ3) is 5.94. The molecule has 0 aromatic heterocycles. The molecule has 0 amide bonds. The first-order chi connectivity index (χ1) is 29.8. The van der Waals surface area contributed by atoms with Gasteiger partial charge in [-0.15, -0.1) is 0 Å². The van der Waals surface area contributed by atoms with Crippen molar-refractivity contribution in [1.82, 2.24) is 0 Å². The lowest BCUT2D eigenvalue weighted by Gasteiger charge is -2.34. The predicted molar refractivity (Wildman–Crippen MR) is 252 cm³/mol. The summed E-state index contributed by atoms with van der Waals surface area (Å²) in [7, 11) is 0. The van der Waals surface area contributed by atoms with E-state index in [-0.39, 0.29) is 0 Å². The zero-order chi connectivity index (χ0) is 39.9. The second-order valence-electron chi connectivity index (χ2n) is 15.7. The van der Waals surface area contributed by atoms with Crippen molar-refractivity contribution in [3.8, 4) is 44.5 Å². The molecule has 1 aliphatic rings. The van der Waals surface area contributed by atoms with Crippen molar-refractivity contribution in [3.63, 3.8) is 0 Å². The van der Waals surface area contributed by atoms with Crippen molar-refractivity contribution >= 4 is 27.8 Å². The maximum Gasteiger partial charge on any atom is 0.0714 e. The Labute approximate surface area is 352 Å². The van der Waals surface area contributed by atoms with Crippen LogP contribution in [0.1, 0.15) is 22.3 Å². The summed E-state index contributed by atoms with van der Waals surface area (Å²) in [4.78, 5) is 2.45. The molecule has 0 heterocycles. The lowest BCUT2D eigenvalue weighted by molar-refractivity contribution is 0.768. The quantitative estimate of drug-likeness (QED) is 0.149. The standard InChI is InChI=1S/C59H41N/c1-4-16-42(17-5-1)44-32-36-52(37-33-44)60(53-38-34-45(35-39-53)47-20-14-21-48(40-47)49-31-30-43-18-10-11-19-46(43)41-49)57-29-15-28-56-58(57)54-26-12-13-27-55(54)59(56,50-22-6-2-7-23-50)51-24-8-3-9-25-51/h1-41H. The maximum atomic E-state index is 2.45. The number of fused-ring (bicyclic) bond motifs is 4. The molecule has 10 aromatic rings. The summed E-state index contributed by atoms with van der Waals surface area (Å²) in [6.45, 7) is 0. The average molecular weight is 764 g/mol. The van der Waals surface area contributed by atoms with E-state index in [1.807, 2.05) is 0 Å². The van der Waals surface area contributed by atoms with E-state index < -0.39 is 5.41 Å². The number of hydrogen-bond acceptors (Lipinski definition) is 1. The van der Waals surface area contributed by atoms with Gasteiger partial charge in [-0.2, -0.15) is 0 Å². The molecule has 11 rings (SSSR count). The molecule has 0 aliphatic heterocycles. The van der Waals surface area contributed by atoms with E-state index >= 15 is 0 Å². The maximum absolute atomic E-state index is 2.45. The third-order valence-electron chi connectivity index (χ3n) is 12.3. The summed E-state index contributed by atoms with van der Waals surface area (Å²) in [6, 6.07) is 91.0. The van der Waals surface area contributed by atoms with Gasteiger partial charge in [0.1, 0.15) is 0 Å². The van der Waals surface area contributed by atoms with E-state index in [0.29, 0.717) is 0 Å². The van der Waals surface area contributed by atoms with Crippen molar-refractivity contribution in [3.05, 3.63) is 271 Å². The molecule has 0 radical (unpaired) electrons. The van der Waals surface area contributed by atoms with Gasteiger partial charge in [0.25, 0.3) is 0 Å². The van der Waals surface area contributed by atoms with Gasteiger partial charge >= 0.3 is 0 Å². The van der Waals surface area contributed by atoms with Crippen LogP contribution in [0.4, 0.5) is 17.1 Å².